The molecule has 1 saturated heterocycles. The van der Waals surface area contributed by atoms with Gasteiger partial charge in [-0.25, -0.2) is 9.86 Å². The molecule has 0 saturated carbocycles. The van der Waals surface area contributed by atoms with E-state index in [2.05, 4.69) is 25.8 Å². The summed E-state index contributed by atoms with van der Waals surface area (Å²) in [7, 11) is 0. The zero-order valence-electron chi connectivity index (χ0n) is 21.3. The summed E-state index contributed by atoms with van der Waals surface area (Å²) < 4.78 is 1.48. The van der Waals surface area contributed by atoms with Crippen molar-refractivity contribution in [1.82, 2.24) is 30.3 Å². The Morgan fingerprint density at radius 1 is 1.02 bits per heavy atom. The van der Waals surface area contributed by atoms with Crippen LogP contribution in [0.15, 0.2) is 79.1 Å². The Bertz CT molecular complexity index is 1690. The average Bonchev–Trinajstić information content (AvgIpc) is 3.67. The van der Waals surface area contributed by atoms with Crippen molar-refractivity contribution in [1.29, 1.82) is 0 Å². The third-order valence-electron chi connectivity index (χ3n) is 6.59. The minimum Gasteiger partial charge on any atom is -0.477 e. The number of hydroxylamine groups is 3. The number of amides is 1. The Labute approximate surface area is 237 Å². The van der Waals surface area contributed by atoms with E-state index in [-0.39, 0.29) is 11.6 Å². The van der Waals surface area contributed by atoms with E-state index in [1.807, 2.05) is 30.3 Å². The Morgan fingerprint density at radius 3 is 2.61 bits per heavy atom. The Morgan fingerprint density at radius 2 is 1.88 bits per heavy atom. The first-order valence-electron chi connectivity index (χ1n) is 12.6. The first-order chi connectivity index (χ1) is 19.9. The van der Waals surface area contributed by atoms with Crippen LogP contribution >= 0.6 is 11.6 Å². The number of carboxylic acids is 1. The van der Waals surface area contributed by atoms with Crippen molar-refractivity contribution in [3.05, 3.63) is 95.4 Å². The van der Waals surface area contributed by atoms with Crippen molar-refractivity contribution in [2.24, 2.45) is 0 Å². The predicted molar refractivity (Wildman–Crippen MR) is 148 cm³/mol. The molecule has 1 unspecified atom stereocenters. The van der Waals surface area contributed by atoms with E-state index in [4.69, 9.17) is 21.6 Å². The third kappa shape index (κ3) is 5.73. The van der Waals surface area contributed by atoms with Crippen molar-refractivity contribution < 1.29 is 24.7 Å². The third-order valence-corrected chi connectivity index (χ3v) is 6.82. The second kappa shape index (κ2) is 11.3. The molecule has 1 fully saturated rings. The fourth-order valence-electron chi connectivity index (χ4n) is 4.59. The molecule has 3 aromatic carbocycles. The van der Waals surface area contributed by atoms with Gasteiger partial charge in [0.25, 0.3) is 0 Å². The number of hydrogen-bond acceptors (Lipinski definition) is 9. The number of aromatic nitrogens is 5. The summed E-state index contributed by atoms with van der Waals surface area (Å²) in [5, 5.41) is 27.7. The average molecular weight is 575 g/mol. The van der Waals surface area contributed by atoms with Gasteiger partial charge in [0.05, 0.1) is 17.9 Å². The second-order valence-corrected chi connectivity index (χ2v) is 9.70. The number of carboxylic acid groups (broad SMARTS) is 1. The van der Waals surface area contributed by atoms with Gasteiger partial charge in [0.15, 0.2) is 0 Å². The maximum absolute atomic E-state index is 13.6. The lowest BCUT2D eigenvalue weighted by atomic mass is 10.0. The van der Waals surface area contributed by atoms with Gasteiger partial charge in [0, 0.05) is 28.2 Å². The largest absolute Gasteiger partial charge is 0.477 e. The van der Waals surface area contributed by atoms with Crippen LogP contribution in [0.5, 0.6) is 0 Å². The molecule has 1 atom stereocenters. The van der Waals surface area contributed by atoms with E-state index in [0.717, 1.165) is 5.56 Å². The highest BCUT2D eigenvalue weighted by atomic mass is 35.5. The number of nitrogens with zero attached hydrogens (tertiary/aromatic N) is 6. The van der Waals surface area contributed by atoms with Crippen molar-refractivity contribution in [2.75, 3.05) is 23.5 Å². The lowest BCUT2D eigenvalue weighted by molar-refractivity contribution is -0.456. The van der Waals surface area contributed by atoms with E-state index in [0.29, 0.717) is 52.5 Å². The van der Waals surface area contributed by atoms with Crippen molar-refractivity contribution in [3.63, 3.8) is 0 Å². The van der Waals surface area contributed by atoms with Crippen molar-refractivity contribution in [2.45, 2.75) is 12.5 Å². The molecule has 0 aliphatic carbocycles. The molecule has 6 rings (SSSR count). The molecule has 14 heteroatoms. The zero-order chi connectivity index (χ0) is 28.3. The lowest BCUT2D eigenvalue weighted by Crippen LogP contribution is -2.52. The van der Waals surface area contributed by atoms with Gasteiger partial charge in [-0.15, -0.1) is 15.2 Å². The normalized spacial score (nSPS) is 14.7. The molecule has 0 bridgehead atoms. The zero-order valence-corrected chi connectivity index (χ0v) is 22.1. The number of benzene rings is 3. The molecule has 208 valence electrons. The standard InChI is InChI=1S/C27H23ClN8O5/c28-19-6-9-23(34-16-29-32-33-34)24(15-19)35-10-11-36(41-40-35)25(12-17-4-2-1-3-5-17)26(37)30-20-7-8-21-18(13-20)14-22(31-21)27(38)39/h1-9,13-16,25,31H,10-12H2,(H,30,37)(H,38,39). The number of tetrazole rings is 1. The number of nitrogens with one attached hydrogen (secondary N) is 2. The Hall–Kier alpha value is -4.82. The highest BCUT2D eigenvalue weighted by Gasteiger charge is 2.33. The van der Waals surface area contributed by atoms with E-state index in [9.17, 15) is 14.7 Å². The molecule has 41 heavy (non-hydrogen) atoms. The molecular formula is C27H23ClN8O5. The molecule has 3 heterocycles. The number of halogens is 1. The molecule has 0 spiro atoms. The highest BCUT2D eigenvalue weighted by Crippen LogP contribution is 2.30. The number of aromatic carboxylic acids is 1. The molecule has 0 radical (unpaired) electrons. The predicted octanol–water partition coefficient (Wildman–Crippen LogP) is 3.65. The van der Waals surface area contributed by atoms with Crippen molar-refractivity contribution in [3.8, 4) is 5.69 Å². The number of carbonyl (C=O) groups is 2. The van der Waals surface area contributed by atoms with Crippen molar-refractivity contribution >= 4 is 45.8 Å². The van der Waals surface area contributed by atoms with Gasteiger partial charge in [-0.1, -0.05) is 46.9 Å². The molecule has 5 aromatic rings. The number of aromatic amines is 1. The molecule has 1 aliphatic rings. The molecule has 3 N–H and O–H groups in total. The minimum atomic E-state index is -1.06. The number of hydrogen-bond donors (Lipinski definition) is 3. The van der Waals surface area contributed by atoms with Crippen LogP contribution in [-0.4, -0.2) is 66.4 Å². The number of carbonyl (C=O) groups excluding carboxylic acids is 1. The van der Waals surface area contributed by atoms with Gasteiger partial charge in [0.2, 0.25) is 5.91 Å². The highest BCUT2D eigenvalue weighted by molar-refractivity contribution is 6.31. The SMILES string of the molecule is O=C(O)c1cc2cc(NC(=O)C(Cc3ccccc3)N3CCN(c4cc(Cl)ccc4-n4cnnn4)OO3)ccc2[nH]1. The van der Waals surface area contributed by atoms with E-state index >= 15 is 0 Å². The molecule has 2 aromatic heterocycles. The van der Waals surface area contributed by atoms with Crippen LogP contribution in [0.4, 0.5) is 11.4 Å². The molecule has 1 aliphatic heterocycles. The summed E-state index contributed by atoms with van der Waals surface area (Å²) in [6, 6.07) is 20.7. The topological polar surface area (TPSA) is 151 Å². The van der Waals surface area contributed by atoms with Gasteiger partial charge in [-0.05, 0) is 64.9 Å². The van der Waals surface area contributed by atoms with Gasteiger partial charge in [-0.2, -0.15) is 4.68 Å². The number of H-pyrrole nitrogens is 1. The van der Waals surface area contributed by atoms with Gasteiger partial charge in [0.1, 0.15) is 18.1 Å². The summed E-state index contributed by atoms with van der Waals surface area (Å²) in [5.74, 6) is -1.38. The van der Waals surface area contributed by atoms with Crippen LogP contribution in [0.25, 0.3) is 16.6 Å². The van der Waals surface area contributed by atoms with Crippen LogP contribution in [0.2, 0.25) is 5.02 Å². The van der Waals surface area contributed by atoms with E-state index in [1.165, 1.54) is 27.2 Å². The second-order valence-electron chi connectivity index (χ2n) is 9.26. The van der Waals surface area contributed by atoms with Gasteiger partial charge < -0.3 is 15.4 Å². The van der Waals surface area contributed by atoms with Gasteiger partial charge in [-0.3, -0.25) is 4.79 Å². The van der Waals surface area contributed by atoms with Crippen LogP contribution in [0, 0.1) is 0 Å². The van der Waals surface area contributed by atoms with Crippen LogP contribution < -0.4 is 10.4 Å². The Kier molecular flexibility index (Phi) is 7.31. The number of anilines is 2. The maximum atomic E-state index is 13.6. The van der Waals surface area contributed by atoms with E-state index < -0.39 is 12.0 Å². The summed E-state index contributed by atoms with van der Waals surface area (Å²) in [4.78, 5) is 39.1. The maximum Gasteiger partial charge on any atom is 0.352 e. The minimum absolute atomic E-state index is 0.0665. The first-order valence-corrected chi connectivity index (χ1v) is 12.9. The van der Waals surface area contributed by atoms with Gasteiger partial charge >= 0.3 is 5.97 Å². The fraction of sp³-hybridized carbons (Fsp3) is 0.148. The Balaban J connectivity index is 1.21. The van der Waals surface area contributed by atoms with Crippen LogP contribution in [0.3, 0.4) is 0 Å². The molecule has 1 amide bonds. The monoisotopic (exact) mass is 574 g/mol. The fourth-order valence-corrected chi connectivity index (χ4v) is 4.76. The summed E-state index contributed by atoms with van der Waals surface area (Å²) in [6.45, 7) is 0.645. The molecular weight excluding hydrogens is 552 g/mol. The summed E-state index contributed by atoms with van der Waals surface area (Å²) in [6.07, 6.45) is 1.80. The van der Waals surface area contributed by atoms with Crippen LogP contribution in [-0.2, 0) is 21.2 Å². The van der Waals surface area contributed by atoms with Crippen LogP contribution in [0.1, 0.15) is 16.1 Å². The lowest BCUT2D eigenvalue weighted by Gasteiger charge is -2.36. The van der Waals surface area contributed by atoms with E-state index in [1.54, 1.807) is 36.4 Å². The number of fused-ring (bicyclic) bond motifs is 1. The molecule has 13 nitrogen and oxygen atoms in total. The summed E-state index contributed by atoms with van der Waals surface area (Å²) in [5.41, 5.74) is 3.37. The summed E-state index contributed by atoms with van der Waals surface area (Å²) >= 11 is 6.26. The number of rotatable bonds is 8. The smallest absolute Gasteiger partial charge is 0.352 e. The quantitative estimate of drug-likeness (QED) is 0.234. The first kappa shape index (κ1) is 26.4.